The third-order valence-electron chi connectivity index (χ3n) is 4.79. The van der Waals surface area contributed by atoms with Gasteiger partial charge >= 0.3 is 0 Å². The summed E-state index contributed by atoms with van der Waals surface area (Å²) in [5.74, 6) is 1.47. The lowest BCUT2D eigenvalue weighted by atomic mass is 9.57. The van der Waals surface area contributed by atoms with Gasteiger partial charge in [-0.25, -0.2) is 0 Å². The van der Waals surface area contributed by atoms with Crippen molar-refractivity contribution in [3.05, 3.63) is 23.8 Å². The van der Waals surface area contributed by atoms with E-state index in [0.29, 0.717) is 17.6 Å². The van der Waals surface area contributed by atoms with Crippen LogP contribution in [-0.4, -0.2) is 5.78 Å². The van der Waals surface area contributed by atoms with E-state index in [-0.39, 0.29) is 5.41 Å². The summed E-state index contributed by atoms with van der Waals surface area (Å²) in [6.45, 7) is 10.8. The van der Waals surface area contributed by atoms with Crippen LogP contribution in [0.2, 0.25) is 0 Å². The van der Waals surface area contributed by atoms with Gasteiger partial charge in [-0.1, -0.05) is 31.6 Å². The number of rotatable bonds is 1. The monoisotopic (exact) mass is 218 g/mol. The van der Waals surface area contributed by atoms with Gasteiger partial charge < -0.3 is 0 Å². The molecule has 2 rings (SSSR count). The highest BCUT2D eigenvalue weighted by molar-refractivity contribution is 5.92. The van der Waals surface area contributed by atoms with Crippen LogP contribution in [0.3, 0.4) is 0 Å². The van der Waals surface area contributed by atoms with E-state index in [4.69, 9.17) is 0 Å². The first kappa shape index (κ1) is 11.6. The molecule has 0 radical (unpaired) electrons. The van der Waals surface area contributed by atoms with Crippen molar-refractivity contribution in [3.63, 3.8) is 0 Å². The number of hydrogen-bond donors (Lipinski definition) is 0. The van der Waals surface area contributed by atoms with Gasteiger partial charge in [0.2, 0.25) is 0 Å². The fourth-order valence-electron chi connectivity index (χ4n) is 3.32. The average molecular weight is 218 g/mol. The average Bonchev–Trinajstić information content (AvgIpc) is 2.19. The van der Waals surface area contributed by atoms with E-state index in [2.05, 4.69) is 27.4 Å². The summed E-state index contributed by atoms with van der Waals surface area (Å²) in [5, 5.41) is 0. The van der Waals surface area contributed by atoms with Crippen LogP contribution in [0.5, 0.6) is 0 Å². The maximum absolute atomic E-state index is 11.6. The minimum atomic E-state index is 0.246. The number of hydrogen-bond acceptors (Lipinski definition) is 1. The van der Waals surface area contributed by atoms with Crippen molar-refractivity contribution in [1.82, 2.24) is 0 Å². The second-order valence-corrected chi connectivity index (χ2v) is 5.94. The predicted molar refractivity (Wildman–Crippen MR) is 67.1 cm³/mol. The lowest BCUT2D eigenvalue weighted by Gasteiger charge is -2.47. The normalized spacial score (nSPS) is 38.9. The van der Waals surface area contributed by atoms with Crippen LogP contribution in [-0.2, 0) is 4.79 Å². The Kier molecular flexibility index (Phi) is 2.81. The van der Waals surface area contributed by atoms with E-state index < -0.39 is 0 Å². The highest BCUT2D eigenvalue weighted by atomic mass is 16.1. The quantitative estimate of drug-likeness (QED) is 0.610. The van der Waals surface area contributed by atoms with Crippen molar-refractivity contribution >= 4 is 5.78 Å². The predicted octanol–water partition coefficient (Wildman–Crippen LogP) is 3.90. The molecule has 1 heteroatoms. The van der Waals surface area contributed by atoms with Gasteiger partial charge in [0.25, 0.3) is 0 Å². The van der Waals surface area contributed by atoms with Gasteiger partial charge in [-0.3, -0.25) is 4.79 Å². The maximum atomic E-state index is 11.6. The van der Waals surface area contributed by atoms with Gasteiger partial charge in [0.1, 0.15) is 0 Å². The van der Waals surface area contributed by atoms with Gasteiger partial charge in [-0.2, -0.15) is 0 Å². The van der Waals surface area contributed by atoms with E-state index in [0.717, 1.165) is 12.8 Å². The molecule has 3 unspecified atom stereocenters. The number of allylic oxidation sites excluding steroid dienone is 3. The molecular formula is C15H22O. The fourth-order valence-corrected chi connectivity index (χ4v) is 3.32. The van der Waals surface area contributed by atoms with E-state index in [1.807, 2.05) is 6.08 Å². The minimum Gasteiger partial charge on any atom is -0.295 e. The number of ketones is 1. The van der Waals surface area contributed by atoms with Gasteiger partial charge in [-0.05, 0) is 49.5 Å². The Hall–Kier alpha value is -0.850. The highest BCUT2D eigenvalue weighted by Crippen LogP contribution is 2.52. The molecule has 0 amide bonds. The molecule has 1 fully saturated rings. The third-order valence-corrected chi connectivity index (χ3v) is 4.79. The molecule has 0 aliphatic heterocycles. The first-order valence-corrected chi connectivity index (χ1v) is 6.33. The van der Waals surface area contributed by atoms with E-state index >= 15 is 0 Å². The van der Waals surface area contributed by atoms with Crippen LogP contribution in [0.4, 0.5) is 0 Å². The largest absolute Gasteiger partial charge is 0.295 e. The van der Waals surface area contributed by atoms with E-state index in [1.54, 1.807) is 0 Å². The highest BCUT2D eigenvalue weighted by Gasteiger charge is 2.43. The molecule has 0 spiro atoms. The topological polar surface area (TPSA) is 17.1 Å². The summed E-state index contributed by atoms with van der Waals surface area (Å²) in [4.78, 5) is 11.6. The number of carbonyl (C=O) groups excluding carboxylic acids is 1. The molecular weight excluding hydrogens is 196 g/mol. The first-order chi connectivity index (χ1) is 7.43. The van der Waals surface area contributed by atoms with Crippen molar-refractivity contribution in [2.75, 3.05) is 0 Å². The van der Waals surface area contributed by atoms with Gasteiger partial charge in [0.15, 0.2) is 5.78 Å². The maximum Gasteiger partial charge on any atom is 0.155 e. The minimum absolute atomic E-state index is 0.246. The van der Waals surface area contributed by atoms with Crippen molar-refractivity contribution in [3.8, 4) is 0 Å². The van der Waals surface area contributed by atoms with Gasteiger partial charge in [0, 0.05) is 6.42 Å². The van der Waals surface area contributed by atoms with Crippen molar-refractivity contribution < 1.29 is 4.79 Å². The van der Waals surface area contributed by atoms with Gasteiger partial charge in [0.05, 0.1) is 0 Å². The zero-order valence-corrected chi connectivity index (χ0v) is 10.7. The van der Waals surface area contributed by atoms with Crippen molar-refractivity contribution in [1.29, 1.82) is 0 Å². The summed E-state index contributed by atoms with van der Waals surface area (Å²) >= 11 is 0. The van der Waals surface area contributed by atoms with Crippen LogP contribution in [0.1, 0.15) is 46.5 Å². The van der Waals surface area contributed by atoms with Crippen LogP contribution in [0, 0.1) is 17.3 Å². The summed E-state index contributed by atoms with van der Waals surface area (Å²) in [5.41, 5.74) is 2.95. The first-order valence-electron chi connectivity index (χ1n) is 6.33. The Morgan fingerprint density at radius 3 is 2.88 bits per heavy atom. The molecule has 0 bridgehead atoms. The second kappa shape index (κ2) is 3.87. The Bertz CT molecular complexity index is 364. The van der Waals surface area contributed by atoms with E-state index in [9.17, 15) is 4.79 Å². The SMILES string of the molecule is C=C(C)C1CCC2=CC(=O)CC(C)C2(C)C1. The molecule has 1 nitrogen and oxygen atoms in total. The lowest BCUT2D eigenvalue weighted by molar-refractivity contribution is -0.117. The fraction of sp³-hybridized carbons (Fsp3) is 0.667. The molecule has 0 aromatic heterocycles. The molecule has 0 aromatic carbocycles. The Balaban J connectivity index is 2.30. The molecule has 88 valence electrons. The standard InChI is InChI=1S/C15H22O/c1-10(2)12-5-6-13-8-14(16)7-11(3)15(13,4)9-12/h8,11-12H,1,5-7,9H2,2-4H3. The van der Waals surface area contributed by atoms with Crippen LogP contribution in [0.25, 0.3) is 0 Å². The summed E-state index contributed by atoms with van der Waals surface area (Å²) < 4.78 is 0. The van der Waals surface area contributed by atoms with Crippen LogP contribution >= 0.6 is 0 Å². The Morgan fingerprint density at radius 1 is 1.56 bits per heavy atom. The Labute approximate surface area is 98.6 Å². The summed E-state index contributed by atoms with van der Waals surface area (Å²) in [7, 11) is 0. The zero-order valence-electron chi connectivity index (χ0n) is 10.7. The summed E-state index contributed by atoms with van der Waals surface area (Å²) in [6, 6.07) is 0. The molecule has 0 aromatic rings. The second-order valence-electron chi connectivity index (χ2n) is 5.94. The Morgan fingerprint density at radius 2 is 2.25 bits per heavy atom. The van der Waals surface area contributed by atoms with Gasteiger partial charge in [-0.15, -0.1) is 0 Å². The number of fused-ring (bicyclic) bond motifs is 1. The molecule has 3 atom stereocenters. The molecule has 2 aliphatic carbocycles. The lowest BCUT2D eigenvalue weighted by Crippen LogP contribution is -2.38. The zero-order chi connectivity index (χ0) is 11.9. The van der Waals surface area contributed by atoms with Crippen molar-refractivity contribution in [2.24, 2.45) is 17.3 Å². The molecule has 0 saturated heterocycles. The third kappa shape index (κ3) is 1.77. The van der Waals surface area contributed by atoms with Crippen LogP contribution < -0.4 is 0 Å². The van der Waals surface area contributed by atoms with Crippen LogP contribution in [0.15, 0.2) is 23.8 Å². The van der Waals surface area contributed by atoms with Crippen molar-refractivity contribution in [2.45, 2.75) is 46.5 Å². The smallest absolute Gasteiger partial charge is 0.155 e. The number of carbonyl (C=O) groups is 1. The molecule has 1 saturated carbocycles. The molecule has 2 aliphatic rings. The molecule has 0 heterocycles. The molecule has 0 N–H and O–H groups in total. The van der Waals surface area contributed by atoms with E-state index in [1.165, 1.54) is 24.0 Å². The molecule has 16 heavy (non-hydrogen) atoms. The summed E-state index contributed by atoms with van der Waals surface area (Å²) in [6.07, 6.45) is 6.10.